The number of hydrogen-bond donors (Lipinski definition) is 0. The van der Waals surface area contributed by atoms with E-state index in [4.69, 9.17) is 4.74 Å². The standard InChI is InChI=1S/C23H30N4O4S/c1-31-21-4-6-22(7-5-21)32(29,30)27-11-8-20(9-12-27)23(28)26-15-13-25(14-16-26)18-19-3-2-10-24-17-19/h2-7,10,17,20H,8-9,11-16,18H2,1H3. The molecule has 1 aromatic heterocycles. The Labute approximate surface area is 189 Å². The molecule has 9 heteroatoms. The van der Waals surface area contributed by atoms with Gasteiger partial charge in [-0.05, 0) is 48.7 Å². The first-order valence-corrected chi connectivity index (χ1v) is 12.5. The first-order valence-electron chi connectivity index (χ1n) is 11.0. The average molecular weight is 459 g/mol. The normalized spacial score (nSPS) is 19.1. The molecular formula is C23H30N4O4S. The molecule has 4 rings (SSSR count). The van der Waals surface area contributed by atoms with Crippen molar-refractivity contribution in [1.82, 2.24) is 19.1 Å². The van der Waals surface area contributed by atoms with E-state index >= 15 is 0 Å². The molecule has 0 bridgehead atoms. The van der Waals surface area contributed by atoms with Gasteiger partial charge in [0.1, 0.15) is 5.75 Å². The predicted octanol–water partition coefficient (Wildman–Crippen LogP) is 1.84. The molecule has 2 saturated heterocycles. The number of amides is 1. The van der Waals surface area contributed by atoms with Crippen molar-refractivity contribution in [1.29, 1.82) is 0 Å². The van der Waals surface area contributed by atoms with Gasteiger partial charge in [0.05, 0.1) is 12.0 Å². The lowest BCUT2D eigenvalue weighted by Crippen LogP contribution is -2.51. The zero-order chi connectivity index (χ0) is 22.6. The number of ether oxygens (including phenoxy) is 1. The van der Waals surface area contributed by atoms with E-state index in [1.807, 2.05) is 17.2 Å². The fourth-order valence-corrected chi connectivity index (χ4v) is 5.84. The lowest BCUT2D eigenvalue weighted by atomic mass is 9.96. The van der Waals surface area contributed by atoms with Gasteiger partial charge in [0, 0.05) is 64.1 Å². The second-order valence-electron chi connectivity index (χ2n) is 8.32. The van der Waals surface area contributed by atoms with Crippen molar-refractivity contribution in [3.05, 3.63) is 54.4 Å². The second-order valence-corrected chi connectivity index (χ2v) is 10.3. The highest BCUT2D eigenvalue weighted by molar-refractivity contribution is 7.89. The summed E-state index contributed by atoms with van der Waals surface area (Å²) in [6.45, 7) is 4.68. The van der Waals surface area contributed by atoms with E-state index in [1.54, 1.807) is 37.6 Å². The van der Waals surface area contributed by atoms with Crippen LogP contribution in [0.5, 0.6) is 5.75 Å². The van der Waals surface area contributed by atoms with E-state index in [0.29, 0.717) is 44.8 Å². The minimum atomic E-state index is -3.56. The zero-order valence-electron chi connectivity index (χ0n) is 18.4. The second kappa shape index (κ2) is 9.97. The number of carbonyl (C=O) groups excluding carboxylic acids is 1. The molecule has 2 aliphatic rings. The largest absolute Gasteiger partial charge is 0.497 e. The van der Waals surface area contributed by atoms with Crippen molar-refractivity contribution in [3.63, 3.8) is 0 Å². The Bertz CT molecular complexity index is 998. The van der Waals surface area contributed by atoms with Crippen LogP contribution >= 0.6 is 0 Å². The minimum Gasteiger partial charge on any atom is -0.497 e. The van der Waals surface area contributed by atoms with E-state index in [-0.39, 0.29) is 16.7 Å². The van der Waals surface area contributed by atoms with Crippen LogP contribution in [0.3, 0.4) is 0 Å². The lowest BCUT2D eigenvalue weighted by Gasteiger charge is -2.38. The van der Waals surface area contributed by atoms with E-state index in [9.17, 15) is 13.2 Å². The third kappa shape index (κ3) is 5.11. The van der Waals surface area contributed by atoms with Crippen molar-refractivity contribution in [2.45, 2.75) is 24.3 Å². The van der Waals surface area contributed by atoms with Crippen molar-refractivity contribution >= 4 is 15.9 Å². The van der Waals surface area contributed by atoms with Crippen molar-refractivity contribution < 1.29 is 17.9 Å². The smallest absolute Gasteiger partial charge is 0.243 e. The summed E-state index contributed by atoms with van der Waals surface area (Å²) >= 11 is 0. The van der Waals surface area contributed by atoms with Crippen LogP contribution in [0.4, 0.5) is 0 Å². The van der Waals surface area contributed by atoms with Crippen molar-refractivity contribution in [2.24, 2.45) is 5.92 Å². The number of piperidine rings is 1. The Morgan fingerprint density at radius 1 is 1.03 bits per heavy atom. The number of rotatable bonds is 6. The molecule has 1 aromatic carbocycles. The number of carbonyl (C=O) groups is 1. The SMILES string of the molecule is COc1ccc(S(=O)(=O)N2CCC(C(=O)N3CCN(Cc4cccnc4)CC3)CC2)cc1. The minimum absolute atomic E-state index is 0.109. The Kier molecular flexibility index (Phi) is 7.07. The third-order valence-electron chi connectivity index (χ3n) is 6.31. The van der Waals surface area contributed by atoms with Gasteiger partial charge in [0.25, 0.3) is 0 Å². The number of pyridine rings is 1. The van der Waals surface area contributed by atoms with Crippen LogP contribution < -0.4 is 4.74 Å². The molecule has 1 amide bonds. The van der Waals surface area contributed by atoms with Crippen LogP contribution in [-0.4, -0.2) is 79.8 Å². The van der Waals surface area contributed by atoms with Gasteiger partial charge in [-0.2, -0.15) is 4.31 Å². The summed E-state index contributed by atoms with van der Waals surface area (Å²) in [5.74, 6) is 0.670. The molecule has 0 spiro atoms. The Hall–Kier alpha value is -2.49. The monoisotopic (exact) mass is 458 g/mol. The number of piperazine rings is 1. The third-order valence-corrected chi connectivity index (χ3v) is 8.23. The highest BCUT2D eigenvalue weighted by Crippen LogP contribution is 2.26. The van der Waals surface area contributed by atoms with Gasteiger partial charge in [-0.15, -0.1) is 0 Å². The maximum atomic E-state index is 13.0. The van der Waals surface area contributed by atoms with Crippen molar-refractivity contribution in [2.75, 3.05) is 46.4 Å². The zero-order valence-corrected chi connectivity index (χ0v) is 19.2. The number of benzene rings is 1. The molecule has 2 fully saturated rings. The summed E-state index contributed by atoms with van der Waals surface area (Å²) in [6, 6.07) is 10.4. The van der Waals surface area contributed by atoms with Crippen LogP contribution in [0.2, 0.25) is 0 Å². The first-order chi connectivity index (χ1) is 15.5. The van der Waals surface area contributed by atoms with Gasteiger partial charge in [-0.25, -0.2) is 8.42 Å². The van der Waals surface area contributed by atoms with Gasteiger partial charge in [0.15, 0.2) is 0 Å². The Morgan fingerprint density at radius 2 is 1.72 bits per heavy atom. The van der Waals surface area contributed by atoms with Gasteiger partial charge in [-0.3, -0.25) is 14.7 Å². The molecule has 2 aromatic rings. The summed E-state index contributed by atoms with van der Waals surface area (Å²) in [5, 5.41) is 0. The number of nitrogens with zero attached hydrogens (tertiary/aromatic N) is 4. The van der Waals surface area contributed by atoms with Crippen molar-refractivity contribution in [3.8, 4) is 5.75 Å². The predicted molar refractivity (Wildman–Crippen MR) is 121 cm³/mol. The molecular weight excluding hydrogens is 428 g/mol. The lowest BCUT2D eigenvalue weighted by molar-refractivity contribution is -0.138. The number of methoxy groups -OCH3 is 1. The Balaban J connectivity index is 1.27. The highest BCUT2D eigenvalue weighted by Gasteiger charge is 2.34. The van der Waals surface area contributed by atoms with Crippen LogP contribution in [0.25, 0.3) is 0 Å². The maximum Gasteiger partial charge on any atom is 0.243 e. The van der Waals surface area contributed by atoms with Crippen LogP contribution in [0, 0.1) is 5.92 Å². The molecule has 0 unspecified atom stereocenters. The molecule has 0 radical (unpaired) electrons. The van der Waals surface area contributed by atoms with E-state index < -0.39 is 10.0 Å². The number of hydrogen-bond acceptors (Lipinski definition) is 6. The van der Waals surface area contributed by atoms with Gasteiger partial charge >= 0.3 is 0 Å². The van der Waals surface area contributed by atoms with Crippen LogP contribution in [-0.2, 0) is 21.4 Å². The highest BCUT2D eigenvalue weighted by atomic mass is 32.2. The van der Waals surface area contributed by atoms with E-state index in [0.717, 1.165) is 19.6 Å². The molecule has 172 valence electrons. The van der Waals surface area contributed by atoms with Gasteiger partial charge in [0.2, 0.25) is 15.9 Å². The molecule has 3 heterocycles. The number of sulfonamides is 1. The van der Waals surface area contributed by atoms with Crippen LogP contribution in [0.1, 0.15) is 18.4 Å². The molecule has 0 atom stereocenters. The van der Waals surface area contributed by atoms with Gasteiger partial charge in [-0.1, -0.05) is 6.07 Å². The van der Waals surface area contributed by atoms with E-state index in [1.165, 1.54) is 9.87 Å². The number of aromatic nitrogens is 1. The Morgan fingerprint density at radius 3 is 2.31 bits per heavy atom. The fraction of sp³-hybridized carbons (Fsp3) is 0.478. The summed E-state index contributed by atoms with van der Waals surface area (Å²) in [5.41, 5.74) is 1.18. The summed E-state index contributed by atoms with van der Waals surface area (Å²) < 4.78 is 32.5. The quantitative estimate of drug-likeness (QED) is 0.657. The van der Waals surface area contributed by atoms with Crippen LogP contribution in [0.15, 0.2) is 53.7 Å². The fourth-order valence-electron chi connectivity index (χ4n) is 4.37. The topological polar surface area (TPSA) is 83.0 Å². The molecule has 0 N–H and O–H groups in total. The molecule has 2 aliphatic heterocycles. The molecule has 8 nitrogen and oxygen atoms in total. The maximum absolute atomic E-state index is 13.0. The van der Waals surface area contributed by atoms with E-state index in [2.05, 4.69) is 16.0 Å². The summed E-state index contributed by atoms with van der Waals surface area (Å²) in [7, 11) is -2.01. The summed E-state index contributed by atoms with van der Waals surface area (Å²) in [4.78, 5) is 21.7. The summed E-state index contributed by atoms with van der Waals surface area (Å²) in [6.07, 6.45) is 4.77. The molecule has 0 aliphatic carbocycles. The molecule has 32 heavy (non-hydrogen) atoms. The van der Waals surface area contributed by atoms with Gasteiger partial charge < -0.3 is 9.64 Å². The average Bonchev–Trinajstić information content (AvgIpc) is 2.85. The molecule has 0 saturated carbocycles. The first kappa shape index (κ1) is 22.7.